The van der Waals surface area contributed by atoms with Gasteiger partial charge in [-0.25, -0.2) is 0 Å². The zero-order chi connectivity index (χ0) is 13.1. The molecule has 2 aromatic carbocycles. The third-order valence-electron chi connectivity index (χ3n) is 2.37. The van der Waals surface area contributed by atoms with E-state index in [9.17, 15) is 0 Å². The molecule has 0 atom stereocenters. The smallest absolute Gasteiger partial charge is 0.146 e. The number of ether oxygens (including phenoxy) is 1. The summed E-state index contributed by atoms with van der Waals surface area (Å²) in [6.07, 6.45) is 0. The molecular weight excluding hydrogens is 314 g/mol. The Bertz CT molecular complexity index is 634. The van der Waals surface area contributed by atoms with Crippen molar-refractivity contribution < 1.29 is 4.74 Å². The third kappa shape index (κ3) is 2.84. The molecule has 0 saturated carbocycles. The molecule has 2 rings (SSSR count). The summed E-state index contributed by atoms with van der Waals surface area (Å²) in [5, 5.41) is 9.56. The van der Waals surface area contributed by atoms with Crippen LogP contribution in [0.25, 0.3) is 0 Å². The summed E-state index contributed by atoms with van der Waals surface area (Å²) in [5.74, 6) is 1.03. The number of hydrogen-bond acceptors (Lipinski definition) is 2. The Morgan fingerprint density at radius 2 is 1.89 bits per heavy atom. The number of nitriles is 1. The third-order valence-corrected chi connectivity index (χ3v) is 3.16. The number of aryl methyl sites for hydroxylation is 1. The normalized spacial score (nSPS) is 9.89. The van der Waals surface area contributed by atoms with Gasteiger partial charge in [0, 0.05) is 4.47 Å². The quantitative estimate of drug-likeness (QED) is 0.773. The lowest BCUT2D eigenvalue weighted by Gasteiger charge is -2.09. The Hall–Kier alpha value is -1.50. The summed E-state index contributed by atoms with van der Waals surface area (Å²) < 4.78 is 6.54. The maximum atomic E-state index is 9.06. The number of rotatable bonds is 2. The lowest BCUT2D eigenvalue weighted by molar-refractivity contribution is 0.481. The van der Waals surface area contributed by atoms with E-state index in [2.05, 4.69) is 22.0 Å². The summed E-state index contributed by atoms with van der Waals surface area (Å²) in [5.41, 5.74) is 1.51. The molecule has 0 spiro atoms. The first-order valence-corrected chi connectivity index (χ1v) is 6.41. The SMILES string of the molecule is Cc1ccc(Oc2ccc(Br)cc2Cl)c(C#N)c1. The first kappa shape index (κ1) is 12.9. The number of hydrogen-bond donors (Lipinski definition) is 0. The van der Waals surface area contributed by atoms with Gasteiger partial charge in [0.2, 0.25) is 0 Å². The fourth-order valence-corrected chi connectivity index (χ4v) is 2.21. The highest BCUT2D eigenvalue weighted by Gasteiger charge is 2.08. The topological polar surface area (TPSA) is 33.0 Å². The molecule has 0 N–H and O–H groups in total. The van der Waals surface area contributed by atoms with Crippen LogP contribution in [0.5, 0.6) is 11.5 Å². The van der Waals surface area contributed by atoms with Gasteiger partial charge in [0.1, 0.15) is 17.6 Å². The van der Waals surface area contributed by atoms with Gasteiger partial charge in [-0.1, -0.05) is 33.6 Å². The van der Waals surface area contributed by atoms with Crippen LogP contribution in [0.2, 0.25) is 5.02 Å². The highest BCUT2D eigenvalue weighted by atomic mass is 79.9. The first-order valence-electron chi connectivity index (χ1n) is 5.24. The molecule has 0 aliphatic rings. The van der Waals surface area contributed by atoms with Crippen LogP contribution in [0.3, 0.4) is 0 Å². The standard InChI is InChI=1S/C14H9BrClNO/c1-9-2-4-13(10(6-9)8-17)18-14-5-3-11(15)7-12(14)16/h2-7H,1H3. The van der Waals surface area contributed by atoms with E-state index in [1.165, 1.54) is 0 Å². The molecule has 90 valence electrons. The van der Waals surface area contributed by atoms with E-state index in [1.807, 2.05) is 19.1 Å². The zero-order valence-electron chi connectivity index (χ0n) is 9.58. The minimum atomic E-state index is 0.494. The molecule has 0 radical (unpaired) electrons. The molecule has 0 heterocycles. The van der Waals surface area contributed by atoms with Gasteiger partial charge in [-0.2, -0.15) is 5.26 Å². The van der Waals surface area contributed by atoms with Crippen LogP contribution in [0, 0.1) is 18.3 Å². The van der Waals surface area contributed by atoms with Crippen LogP contribution in [-0.2, 0) is 0 Å². The van der Waals surface area contributed by atoms with Crippen molar-refractivity contribution in [3.05, 3.63) is 57.0 Å². The van der Waals surface area contributed by atoms with Gasteiger partial charge in [0.25, 0.3) is 0 Å². The molecule has 0 aliphatic carbocycles. The molecular formula is C14H9BrClNO. The van der Waals surface area contributed by atoms with Crippen LogP contribution in [0.15, 0.2) is 40.9 Å². The Morgan fingerprint density at radius 1 is 1.17 bits per heavy atom. The van der Waals surface area contributed by atoms with Crippen molar-refractivity contribution in [3.63, 3.8) is 0 Å². The molecule has 0 unspecified atom stereocenters. The van der Waals surface area contributed by atoms with Crippen molar-refractivity contribution in [2.45, 2.75) is 6.92 Å². The molecule has 0 fully saturated rings. The predicted octanol–water partition coefficient (Wildman–Crippen LogP) is 5.07. The highest BCUT2D eigenvalue weighted by Crippen LogP contribution is 2.33. The average Bonchev–Trinajstić information content (AvgIpc) is 2.34. The van der Waals surface area contributed by atoms with E-state index in [0.29, 0.717) is 22.1 Å². The Balaban J connectivity index is 2.37. The van der Waals surface area contributed by atoms with E-state index in [4.69, 9.17) is 21.6 Å². The van der Waals surface area contributed by atoms with E-state index in [1.54, 1.807) is 24.3 Å². The lowest BCUT2D eigenvalue weighted by atomic mass is 10.1. The van der Waals surface area contributed by atoms with Crippen LogP contribution < -0.4 is 4.74 Å². The second-order valence-electron chi connectivity index (χ2n) is 3.79. The summed E-state index contributed by atoms with van der Waals surface area (Å²) in [4.78, 5) is 0. The van der Waals surface area contributed by atoms with Gasteiger partial charge >= 0.3 is 0 Å². The molecule has 18 heavy (non-hydrogen) atoms. The Labute approximate surface area is 119 Å². The van der Waals surface area contributed by atoms with Gasteiger partial charge < -0.3 is 4.74 Å². The monoisotopic (exact) mass is 321 g/mol. The van der Waals surface area contributed by atoms with Gasteiger partial charge in [-0.3, -0.25) is 0 Å². The van der Waals surface area contributed by atoms with Crippen LogP contribution in [-0.4, -0.2) is 0 Å². The second kappa shape index (κ2) is 5.43. The minimum Gasteiger partial charge on any atom is -0.454 e. The van der Waals surface area contributed by atoms with Crippen LogP contribution >= 0.6 is 27.5 Å². The van der Waals surface area contributed by atoms with Crippen molar-refractivity contribution in [2.24, 2.45) is 0 Å². The fourth-order valence-electron chi connectivity index (χ4n) is 1.50. The van der Waals surface area contributed by atoms with E-state index in [-0.39, 0.29) is 0 Å². The molecule has 0 amide bonds. The van der Waals surface area contributed by atoms with Gasteiger partial charge in [0.15, 0.2) is 0 Å². The molecule has 0 aliphatic heterocycles. The van der Waals surface area contributed by atoms with Gasteiger partial charge in [0.05, 0.1) is 10.6 Å². The largest absolute Gasteiger partial charge is 0.454 e. The summed E-state index contributed by atoms with van der Waals surface area (Å²) in [7, 11) is 0. The first-order chi connectivity index (χ1) is 8.60. The van der Waals surface area contributed by atoms with Crippen molar-refractivity contribution in [3.8, 4) is 17.6 Å². The second-order valence-corrected chi connectivity index (χ2v) is 5.11. The van der Waals surface area contributed by atoms with Gasteiger partial charge in [-0.05, 0) is 42.8 Å². The van der Waals surface area contributed by atoms with E-state index >= 15 is 0 Å². The van der Waals surface area contributed by atoms with E-state index < -0.39 is 0 Å². The molecule has 4 heteroatoms. The number of halogens is 2. The van der Waals surface area contributed by atoms with Gasteiger partial charge in [-0.15, -0.1) is 0 Å². The van der Waals surface area contributed by atoms with Crippen LogP contribution in [0.1, 0.15) is 11.1 Å². The summed E-state index contributed by atoms with van der Waals surface area (Å²) in [6.45, 7) is 1.93. The Kier molecular flexibility index (Phi) is 3.90. The zero-order valence-corrected chi connectivity index (χ0v) is 11.9. The molecule has 0 saturated heterocycles. The highest BCUT2D eigenvalue weighted by molar-refractivity contribution is 9.10. The average molecular weight is 323 g/mol. The summed E-state index contributed by atoms with van der Waals surface area (Å²) in [6, 6.07) is 12.9. The number of benzene rings is 2. The van der Waals surface area contributed by atoms with Crippen LogP contribution in [0.4, 0.5) is 0 Å². The summed E-state index contributed by atoms with van der Waals surface area (Å²) >= 11 is 9.40. The molecule has 0 bridgehead atoms. The lowest BCUT2D eigenvalue weighted by Crippen LogP contribution is -1.90. The van der Waals surface area contributed by atoms with Crippen molar-refractivity contribution in [1.82, 2.24) is 0 Å². The van der Waals surface area contributed by atoms with E-state index in [0.717, 1.165) is 10.0 Å². The molecule has 0 aromatic heterocycles. The minimum absolute atomic E-state index is 0.494. The molecule has 2 aromatic rings. The van der Waals surface area contributed by atoms with Crippen molar-refractivity contribution >= 4 is 27.5 Å². The molecule has 2 nitrogen and oxygen atoms in total. The maximum absolute atomic E-state index is 9.06. The number of nitrogens with zero attached hydrogens (tertiary/aromatic N) is 1. The maximum Gasteiger partial charge on any atom is 0.146 e. The van der Waals surface area contributed by atoms with Crippen molar-refractivity contribution in [1.29, 1.82) is 5.26 Å². The fraction of sp³-hybridized carbons (Fsp3) is 0.0714. The predicted molar refractivity (Wildman–Crippen MR) is 75.1 cm³/mol. The van der Waals surface area contributed by atoms with Crippen molar-refractivity contribution in [2.75, 3.05) is 0 Å². The Morgan fingerprint density at radius 3 is 2.56 bits per heavy atom.